The SMILES string of the molecule is COc1ccccc1[C@H]1CC(=O)N(c2cc(F)c(F)c(F)c2)c2c1sc(=O)n2C. The largest absolute Gasteiger partial charge is 0.496 e. The number of carbonyl (C=O) groups excluding carboxylic acids is 1. The van der Waals surface area contributed by atoms with Crippen LogP contribution in [0.2, 0.25) is 0 Å². The van der Waals surface area contributed by atoms with Crippen LogP contribution >= 0.6 is 11.3 Å². The topological polar surface area (TPSA) is 51.5 Å². The van der Waals surface area contributed by atoms with Crippen LogP contribution in [0.1, 0.15) is 22.8 Å². The molecule has 0 unspecified atom stereocenters. The third-order valence-electron chi connectivity index (χ3n) is 4.91. The second kappa shape index (κ2) is 7.07. The molecule has 29 heavy (non-hydrogen) atoms. The molecule has 0 bridgehead atoms. The molecular weight excluding hydrogens is 405 g/mol. The number of fused-ring (bicyclic) bond motifs is 1. The maximum atomic E-state index is 13.8. The van der Waals surface area contributed by atoms with Crippen LogP contribution in [0.4, 0.5) is 24.7 Å². The van der Waals surface area contributed by atoms with Gasteiger partial charge in [0, 0.05) is 37.1 Å². The molecule has 1 amide bonds. The number of benzene rings is 2. The van der Waals surface area contributed by atoms with Gasteiger partial charge >= 0.3 is 4.87 Å². The van der Waals surface area contributed by atoms with E-state index in [1.54, 1.807) is 24.3 Å². The normalized spacial score (nSPS) is 16.1. The number of thiazole rings is 1. The van der Waals surface area contributed by atoms with Gasteiger partial charge in [0.2, 0.25) is 5.91 Å². The van der Waals surface area contributed by atoms with Gasteiger partial charge in [-0.15, -0.1) is 0 Å². The Hall–Kier alpha value is -3.07. The van der Waals surface area contributed by atoms with Crippen LogP contribution in [0.15, 0.2) is 41.2 Å². The van der Waals surface area contributed by atoms with Gasteiger partial charge in [-0.2, -0.15) is 0 Å². The Bertz CT molecular complexity index is 1160. The summed E-state index contributed by atoms with van der Waals surface area (Å²) in [5.41, 5.74) is 0.544. The number of anilines is 2. The summed E-state index contributed by atoms with van der Waals surface area (Å²) in [6.45, 7) is 0. The third-order valence-corrected chi connectivity index (χ3v) is 6.04. The number of hydrogen-bond acceptors (Lipinski definition) is 4. The fourth-order valence-electron chi connectivity index (χ4n) is 3.57. The van der Waals surface area contributed by atoms with Crippen LogP contribution < -0.4 is 14.5 Å². The van der Waals surface area contributed by atoms with Gasteiger partial charge in [0.25, 0.3) is 0 Å². The number of para-hydroxylation sites is 1. The van der Waals surface area contributed by atoms with Gasteiger partial charge in [0.05, 0.1) is 17.7 Å². The molecule has 0 radical (unpaired) electrons. The highest BCUT2D eigenvalue weighted by Gasteiger charge is 2.38. The molecule has 1 aromatic heterocycles. The van der Waals surface area contributed by atoms with Crippen LogP contribution in [-0.4, -0.2) is 17.6 Å². The van der Waals surface area contributed by atoms with Crippen molar-refractivity contribution in [3.05, 3.63) is 74.0 Å². The van der Waals surface area contributed by atoms with Gasteiger partial charge in [0.15, 0.2) is 17.5 Å². The molecule has 150 valence electrons. The zero-order valence-corrected chi connectivity index (χ0v) is 16.2. The lowest BCUT2D eigenvalue weighted by atomic mass is 9.89. The van der Waals surface area contributed by atoms with E-state index >= 15 is 0 Å². The van der Waals surface area contributed by atoms with Crippen molar-refractivity contribution >= 4 is 28.7 Å². The summed E-state index contributed by atoms with van der Waals surface area (Å²) in [5.74, 6) is -4.62. The van der Waals surface area contributed by atoms with E-state index in [2.05, 4.69) is 0 Å². The highest BCUT2D eigenvalue weighted by atomic mass is 32.1. The quantitative estimate of drug-likeness (QED) is 0.601. The molecular formula is C20H15F3N2O3S. The summed E-state index contributed by atoms with van der Waals surface area (Å²) in [6, 6.07) is 8.62. The molecule has 2 heterocycles. The van der Waals surface area contributed by atoms with E-state index in [0.29, 0.717) is 10.6 Å². The smallest absolute Gasteiger partial charge is 0.308 e. The molecule has 2 aromatic carbocycles. The molecule has 9 heteroatoms. The summed E-state index contributed by atoms with van der Waals surface area (Å²) >= 11 is 0.947. The van der Waals surface area contributed by atoms with E-state index in [1.807, 2.05) is 0 Å². The first-order chi connectivity index (χ1) is 13.8. The first-order valence-electron chi connectivity index (χ1n) is 8.63. The number of nitrogens with zero attached hydrogens (tertiary/aromatic N) is 2. The van der Waals surface area contributed by atoms with Crippen LogP contribution in [0.3, 0.4) is 0 Å². The average molecular weight is 420 g/mol. The number of ether oxygens (including phenoxy) is 1. The Balaban J connectivity index is 1.93. The summed E-state index contributed by atoms with van der Waals surface area (Å²) in [6.07, 6.45) is -0.0477. The molecule has 0 fully saturated rings. The second-order valence-electron chi connectivity index (χ2n) is 6.57. The molecule has 1 aliphatic heterocycles. The van der Waals surface area contributed by atoms with E-state index in [9.17, 15) is 22.8 Å². The number of amides is 1. The zero-order chi connectivity index (χ0) is 20.9. The van der Waals surface area contributed by atoms with E-state index in [-0.39, 0.29) is 22.8 Å². The summed E-state index contributed by atoms with van der Waals surface area (Å²) in [5, 5.41) is 0. The average Bonchev–Trinajstić information content (AvgIpc) is 3.00. The lowest BCUT2D eigenvalue weighted by Gasteiger charge is -2.32. The Kier molecular flexibility index (Phi) is 4.70. The lowest BCUT2D eigenvalue weighted by molar-refractivity contribution is -0.118. The molecule has 0 aliphatic carbocycles. The number of rotatable bonds is 3. The predicted molar refractivity (Wildman–Crippen MR) is 102 cm³/mol. The molecule has 0 saturated carbocycles. The molecule has 0 N–H and O–H groups in total. The fourth-order valence-corrected chi connectivity index (χ4v) is 4.65. The summed E-state index contributed by atoms with van der Waals surface area (Å²) in [4.78, 5) is 26.7. The maximum absolute atomic E-state index is 13.8. The first kappa shape index (κ1) is 19.3. The van der Waals surface area contributed by atoms with E-state index in [1.165, 1.54) is 18.7 Å². The minimum atomic E-state index is -1.62. The standard InChI is InChI=1S/C20H15F3N2O3S/c1-24-19-18(29-20(24)27)12(11-5-3-4-6-15(11)28-2)9-16(26)25(19)10-7-13(21)17(23)14(22)8-10/h3-8,12H,9H2,1-2H3/t12-/m1/s1. The minimum absolute atomic E-state index is 0.0477. The van der Waals surface area contributed by atoms with Crippen molar-refractivity contribution in [1.29, 1.82) is 0 Å². The highest BCUT2D eigenvalue weighted by Crippen LogP contribution is 2.46. The fraction of sp³-hybridized carbons (Fsp3) is 0.200. The van der Waals surface area contributed by atoms with Gasteiger partial charge in [-0.25, -0.2) is 13.2 Å². The Morgan fingerprint density at radius 2 is 1.76 bits per heavy atom. The van der Waals surface area contributed by atoms with Crippen molar-refractivity contribution in [2.45, 2.75) is 12.3 Å². The molecule has 3 aromatic rings. The van der Waals surface area contributed by atoms with Gasteiger partial charge in [0.1, 0.15) is 11.6 Å². The van der Waals surface area contributed by atoms with Crippen LogP contribution in [0.25, 0.3) is 0 Å². The molecule has 0 spiro atoms. The number of methoxy groups -OCH3 is 1. The zero-order valence-electron chi connectivity index (χ0n) is 15.4. The van der Waals surface area contributed by atoms with Crippen molar-refractivity contribution in [2.75, 3.05) is 12.0 Å². The summed E-state index contributed by atoms with van der Waals surface area (Å²) in [7, 11) is 2.98. The van der Waals surface area contributed by atoms with Crippen LogP contribution in [-0.2, 0) is 11.8 Å². The van der Waals surface area contributed by atoms with Gasteiger partial charge in [-0.3, -0.25) is 19.1 Å². The molecule has 5 nitrogen and oxygen atoms in total. The number of carbonyl (C=O) groups is 1. The number of aromatic nitrogens is 1. The van der Waals surface area contributed by atoms with E-state index in [0.717, 1.165) is 33.9 Å². The van der Waals surface area contributed by atoms with Gasteiger partial charge in [-0.05, 0) is 6.07 Å². The van der Waals surface area contributed by atoms with Gasteiger partial charge < -0.3 is 4.74 Å². The van der Waals surface area contributed by atoms with Crippen molar-refractivity contribution in [3.63, 3.8) is 0 Å². The highest BCUT2D eigenvalue weighted by molar-refractivity contribution is 7.10. The van der Waals surface area contributed by atoms with Crippen molar-refractivity contribution in [1.82, 2.24) is 4.57 Å². The number of hydrogen-bond donors (Lipinski definition) is 0. The Morgan fingerprint density at radius 1 is 1.10 bits per heavy atom. The molecule has 1 atom stereocenters. The van der Waals surface area contributed by atoms with Crippen LogP contribution in [0, 0.1) is 17.5 Å². The van der Waals surface area contributed by atoms with E-state index in [4.69, 9.17) is 4.74 Å². The number of halogens is 3. The molecule has 0 saturated heterocycles. The molecule has 1 aliphatic rings. The maximum Gasteiger partial charge on any atom is 0.308 e. The Morgan fingerprint density at radius 3 is 2.41 bits per heavy atom. The first-order valence-corrected chi connectivity index (χ1v) is 9.45. The lowest BCUT2D eigenvalue weighted by Crippen LogP contribution is -2.35. The van der Waals surface area contributed by atoms with Crippen molar-refractivity contribution in [3.8, 4) is 5.75 Å². The minimum Gasteiger partial charge on any atom is -0.496 e. The third kappa shape index (κ3) is 3.02. The second-order valence-corrected chi connectivity index (χ2v) is 7.56. The van der Waals surface area contributed by atoms with E-state index < -0.39 is 29.3 Å². The monoisotopic (exact) mass is 420 g/mol. The predicted octanol–water partition coefficient (Wildman–Crippen LogP) is 4.07. The Labute approximate surface area is 167 Å². The van der Waals surface area contributed by atoms with Crippen LogP contribution in [0.5, 0.6) is 5.75 Å². The van der Waals surface area contributed by atoms with Crippen molar-refractivity contribution in [2.24, 2.45) is 7.05 Å². The van der Waals surface area contributed by atoms with Gasteiger partial charge in [-0.1, -0.05) is 29.5 Å². The summed E-state index contributed by atoms with van der Waals surface area (Å²) < 4.78 is 47.7. The molecule has 4 rings (SSSR count). The van der Waals surface area contributed by atoms with Crippen molar-refractivity contribution < 1.29 is 22.7 Å².